The molecule has 5 nitrogen and oxygen atoms in total. The Labute approximate surface area is 120 Å². The molecule has 0 spiro atoms. The van der Waals surface area contributed by atoms with E-state index >= 15 is 0 Å². The Morgan fingerprint density at radius 3 is 2.62 bits per heavy atom. The number of hydrogen-bond donors (Lipinski definition) is 3. The summed E-state index contributed by atoms with van der Waals surface area (Å²) in [6, 6.07) is 2.24. The molecule has 0 aliphatic carbocycles. The maximum Gasteiger partial charge on any atom is 0.201 e. The average Bonchev–Trinajstić information content (AvgIpc) is 2.45. The molecule has 5 heteroatoms. The number of phenols is 3. The van der Waals surface area contributed by atoms with Crippen molar-refractivity contribution in [2.45, 2.75) is 6.92 Å². The molecule has 21 heavy (non-hydrogen) atoms. The fourth-order valence-corrected chi connectivity index (χ4v) is 1.88. The predicted molar refractivity (Wildman–Crippen MR) is 79.1 cm³/mol. The van der Waals surface area contributed by atoms with Gasteiger partial charge in [0.2, 0.25) is 5.75 Å². The van der Waals surface area contributed by atoms with E-state index in [9.17, 15) is 20.1 Å². The van der Waals surface area contributed by atoms with Crippen molar-refractivity contribution in [2.24, 2.45) is 0 Å². The van der Waals surface area contributed by atoms with Gasteiger partial charge in [0.1, 0.15) is 16.7 Å². The average molecular weight is 284 g/mol. The summed E-state index contributed by atoms with van der Waals surface area (Å²) in [7, 11) is 0. The van der Waals surface area contributed by atoms with Crippen LogP contribution in [-0.2, 0) is 0 Å². The minimum absolute atomic E-state index is 0.0428. The topological polar surface area (TPSA) is 90.9 Å². The van der Waals surface area contributed by atoms with Crippen molar-refractivity contribution in [3.05, 3.63) is 46.3 Å². The molecule has 0 aliphatic rings. The van der Waals surface area contributed by atoms with Crippen molar-refractivity contribution in [1.29, 1.82) is 0 Å². The molecule has 1 aromatic heterocycles. The second-order valence-corrected chi connectivity index (χ2v) is 4.18. The Balaban J connectivity index is 2.78. The van der Waals surface area contributed by atoms with Crippen molar-refractivity contribution in [1.82, 2.24) is 0 Å². The quantitative estimate of drug-likeness (QED) is 0.448. The second-order valence-electron chi connectivity index (χ2n) is 4.18. The zero-order valence-electron chi connectivity index (χ0n) is 11.1. The van der Waals surface area contributed by atoms with E-state index in [0.717, 1.165) is 6.07 Å². The molecule has 0 aliphatic heterocycles. The van der Waals surface area contributed by atoms with Gasteiger partial charge in [-0.2, -0.15) is 0 Å². The third-order valence-corrected chi connectivity index (χ3v) is 2.90. The molecular formula is C16H12O5. The third-order valence-electron chi connectivity index (χ3n) is 2.90. The van der Waals surface area contributed by atoms with E-state index < -0.39 is 22.7 Å². The number of fused-ring (bicyclic) bond motifs is 1. The molecule has 2 rings (SSSR count). The fourth-order valence-electron chi connectivity index (χ4n) is 1.88. The Hall–Kier alpha value is -3.13. The largest absolute Gasteiger partial charge is 0.504 e. The minimum atomic E-state index is -0.763. The maximum atomic E-state index is 12.1. The highest BCUT2D eigenvalue weighted by molar-refractivity contribution is 5.89. The molecule has 0 fully saturated rings. The summed E-state index contributed by atoms with van der Waals surface area (Å²) in [6.45, 7) is 1.74. The van der Waals surface area contributed by atoms with Crippen LogP contribution in [0.15, 0.2) is 39.6 Å². The minimum Gasteiger partial charge on any atom is -0.504 e. The first-order chi connectivity index (χ1) is 9.99. The van der Waals surface area contributed by atoms with E-state index in [4.69, 9.17) is 10.8 Å². The Bertz CT molecular complexity index is 863. The normalized spacial score (nSPS) is 11.9. The van der Waals surface area contributed by atoms with Crippen LogP contribution in [0.1, 0.15) is 12.7 Å². The van der Waals surface area contributed by atoms with Crippen LogP contribution < -0.4 is 5.43 Å². The van der Waals surface area contributed by atoms with Gasteiger partial charge in [0.15, 0.2) is 16.9 Å². The number of hydrogen-bond acceptors (Lipinski definition) is 5. The SMILES string of the molecule is C#C/C=C\C(=C/C)c1cc(=O)c2c(O)c(O)c(O)cc2o1. The van der Waals surface area contributed by atoms with Gasteiger partial charge in [0.05, 0.1) is 0 Å². The van der Waals surface area contributed by atoms with Crippen LogP contribution in [0.3, 0.4) is 0 Å². The van der Waals surface area contributed by atoms with Gasteiger partial charge in [-0.25, -0.2) is 0 Å². The smallest absolute Gasteiger partial charge is 0.201 e. The lowest BCUT2D eigenvalue weighted by atomic mass is 10.1. The highest BCUT2D eigenvalue weighted by atomic mass is 16.3. The van der Waals surface area contributed by atoms with Crippen molar-refractivity contribution in [2.75, 3.05) is 0 Å². The lowest BCUT2D eigenvalue weighted by Crippen LogP contribution is -2.02. The summed E-state index contributed by atoms with van der Waals surface area (Å²) in [5.41, 5.74) is -0.0229. The van der Waals surface area contributed by atoms with Gasteiger partial charge in [0.25, 0.3) is 0 Å². The molecule has 2 aromatic rings. The molecule has 0 bridgehead atoms. The number of allylic oxidation sites excluding steroid dienone is 4. The van der Waals surface area contributed by atoms with Gasteiger partial charge in [0, 0.05) is 17.7 Å². The first-order valence-electron chi connectivity index (χ1n) is 6.00. The molecule has 0 radical (unpaired) electrons. The first kappa shape index (κ1) is 14.3. The van der Waals surface area contributed by atoms with Crippen LogP contribution in [0.4, 0.5) is 0 Å². The van der Waals surface area contributed by atoms with E-state index in [-0.39, 0.29) is 16.7 Å². The summed E-state index contributed by atoms with van der Waals surface area (Å²) in [5, 5.41) is 28.5. The van der Waals surface area contributed by atoms with Gasteiger partial charge in [-0.05, 0) is 19.1 Å². The second kappa shape index (κ2) is 5.47. The van der Waals surface area contributed by atoms with Crippen molar-refractivity contribution in [3.8, 4) is 29.6 Å². The van der Waals surface area contributed by atoms with Crippen LogP contribution in [0.2, 0.25) is 0 Å². The fraction of sp³-hybridized carbons (Fsp3) is 0.0625. The molecule has 106 valence electrons. The summed E-state index contributed by atoms with van der Waals surface area (Å²) in [6.07, 6.45) is 9.87. The highest BCUT2D eigenvalue weighted by Crippen LogP contribution is 2.40. The van der Waals surface area contributed by atoms with Crippen LogP contribution in [-0.4, -0.2) is 15.3 Å². The summed E-state index contributed by atoms with van der Waals surface area (Å²) in [4.78, 5) is 12.1. The van der Waals surface area contributed by atoms with E-state index in [1.807, 2.05) is 0 Å². The molecule has 0 saturated heterocycles. The summed E-state index contributed by atoms with van der Waals surface area (Å²) in [5.74, 6) is 0.492. The number of aromatic hydroxyl groups is 3. The van der Waals surface area contributed by atoms with Gasteiger partial charge in [-0.3, -0.25) is 4.79 Å². The Kier molecular flexibility index (Phi) is 3.72. The van der Waals surface area contributed by atoms with Gasteiger partial charge < -0.3 is 19.7 Å². The van der Waals surface area contributed by atoms with E-state index in [2.05, 4.69) is 5.92 Å². The van der Waals surface area contributed by atoms with Crippen molar-refractivity contribution >= 4 is 16.5 Å². The van der Waals surface area contributed by atoms with Crippen LogP contribution in [0.25, 0.3) is 16.5 Å². The maximum absolute atomic E-state index is 12.1. The monoisotopic (exact) mass is 284 g/mol. The lowest BCUT2D eigenvalue weighted by molar-refractivity contribution is 0.370. The molecule has 3 N–H and O–H groups in total. The predicted octanol–water partition coefficient (Wildman–Crippen LogP) is 2.50. The molecule has 0 atom stereocenters. The zero-order valence-corrected chi connectivity index (χ0v) is 11.1. The van der Waals surface area contributed by atoms with Crippen molar-refractivity contribution < 1.29 is 19.7 Å². The molecule has 1 heterocycles. The number of terminal acetylenes is 1. The van der Waals surface area contributed by atoms with E-state index in [0.29, 0.717) is 5.57 Å². The molecule has 0 unspecified atom stereocenters. The van der Waals surface area contributed by atoms with Gasteiger partial charge in [-0.1, -0.05) is 12.0 Å². The molecule has 0 saturated carbocycles. The zero-order chi connectivity index (χ0) is 15.6. The van der Waals surface area contributed by atoms with Crippen LogP contribution >= 0.6 is 0 Å². The van der Waals surface area contributed by atoms with Crippen molar-refractivity contribution in [3.63, 3.8) is 0 Å². The van der Waals surface area contributed by atoms with Gasteiger partial charge >= 0.3 is 0 Å². The molecule has 0 amide bonds. The third kappa shape index (κ3) is 2.47. The Morgan fingerprint density at radius 2 is 2.00 bits per heavy atom. The molecular weight excluding hydrogens is 272 g/mol. The number of rotatable bonds is 2. The number of benzene rings is 1. The number of phenolic OH excluding ortho intramolecular Hbond substituents is 3. The van der Waals surface area contributed by atoms with Crippen LogP contribution in [0.5, 0.6) is 17.2 Å². The standard InChI is InChI=1S/C16H12O5/c1-3-5-6-9(4-2)12-7-10(17)14-13(21-12)8-11(18)15(19)16(14)20/h1,4-8,18-20H,2H3/b6-5-,9-4+. The van der Waals surface area contributed by atoms with Gasteiger partial charge in [-0.15, -0.1) is 6.42 Å². The van der Waals surface area contributed by atoms with E-state index in [1.165, 1.54) is 12.1 Å². The lowest BCUT2D eigenvalue weighted by Gasteiger charge is -2.07. The first-order valence-corrected chi connectivity index (χ1v) is 6.00. The highest BCUT2D eigenvalue weighted by Gasteiger charge is 2.17. The summed E-state index contributed by atoms with van der Waals surface area (Å²) >= 11 is 0. The Morgan fingerprint density at radius 1 is 1.29 bits per heavy atom. The molecule has 1 aromatic carbocycles. The van der Waals surface area contributed by atoms with E-state index in [1.54, 1.807) is 19.1 Å². The summed E-state index contributed by atoms with van der Waals surface area (Å²) < 4.78 is 5.49. The van der Waals surface area contributed by atoms with Crippen LogP contribution in [0, 0.1) is 12.3 Å².